The van der Waals surface area contributed by atoms with E-state index in [2.05, 4.69) is 22.0 Å². The highest BCUT2D eigenvalue weighted by Crippen LogP contribution is 2.22. The van der Waals surface area contributed by atoms with Crippen molar-refractivity contribution < 1.29 is 4.74 Å². The number of hydrogen-bond acceptors (Lipinski definition) is 2. The molecule has 0 aliphatic heterocycles. The van der Waals surface area contributed by atoms with Gasteiger partial charge in [-0.25, -0.2) is 0 Å². The molecule has 0 amide bonds. The molecule has 3 nitrogen and oxygen atoms in total. The van der Waals surface area contributed by atoms with Gasteiger partial charge in [0.05, 0.1) is 18.8 Å². The van der Waals surface area contributed by atoms with Gasteiger partial charge in [0.25, 0.3) is 0 Å². The Hall–Kier alpha value is -2.77. The molecule has 4 heteroatoms. The summed E-state index contributed by atoms with van der Waals surface area (Å²) in [4.78, 5) is 0. The Kier molecular flexibility index (Phi) is 4.83. The molecule has 0 bridgehead atoms. The summed E-state index contributed by atoms with van der Waals surface area (Å²) in [7, 11) is 1.65. The fourth-order valence-corrected chi connectivity index (χ4v) is 2.65. The van der Waals surface area contributed by atoms with Crippen LogP contribution in [0.2, 0.25) is 0 Å². The SMILES string of the molecule is COc1ccc(-n2ccc(/C=C(\C#N)c3ccc(Br)cc3)c2)cc1. The van der Waals surface area contributed by atoms with E-state index in [1.807, 2.05) is 77.6 Å². The van der Waals surface area contributed by atoms with Gasteiger partial charge in [0.1, 0.15) is 5.75 Å². The average molecular weight is 379 g/mol. The lowest BCUT2D eigenvalue weighted by molar-refractivity contribution is 0.415. The number of rotatable bonds is 4. The molecule has 1 aromatic heterocycles. The van der Waals surface area contributed by atoms with Gasteiger partial charge in [-0.2, -0.15) is 5.26 Å². The Balaban J connectivity index is 1.88. The van der Waals surface area contributed by atoms with Crippen LogP contribution in [0.25, 0.3) is 17.3 Å². The van der Waals surface area contributed by atoms with Crippen LogP contribution >= 0.6 is 15.9 Å². The summed E-state index contributed by atoms with van der Waals surface area (Å²) in [5.41, 5.74) is 3.55. The smallest absolute Gasteiger partial charge is 0.119 e. The lowest BCUT2D eigenvalue weighted by Gasteiger charge is -2.04. The van der Waals surface area contributed by atoms with Crippen molar-refractivity contribution in [3.63, 3.8) is 0 Å². The fraction of sp³-hybridized carbons (Fsp3) is 0.0500. The Morgan fingerprint density at radius 1 is 1.08 bits per heavy atom. The summed E-state index contributed by atoms with van der Waals surface area (Å²) in [5.74, 6) is 0.827. The van der Waals surface area contributed by atoms with Gasteiger partial charge in [-0.3, -0.25) is 0 Å². The molecule has 3 rings (SSSR count). The Labute approximate surface area is 149 Å². The van der Waals surface area contributed by atoms with Gasteiger partial charge in [-0.05, 0) is 59.7 Å². The number of allylic oxidation sites excluding steroid dienone is 1. The minimum absolute atomic E-state index is 0.634. The first-order valence-corrected chi connectivity index (χ1v) is 8.19. The number of methoxy groups -OCH3 is 1. The predicted molar refractivity (Wildman–Crippen MR) is 99.9 cm³/mol. The van der Waals surface area contributed by atoms with Gasteiger partial charge in [-0.1, -0.05) is 28.1 Å². The molecule has 0 saturated heterocycles. The van der Waals surface area contributed by atoms with Crippen molar-refractivity contribution in [2.45, 2.75) is 0 Å². The van der Waals surface area contributed by atoms with Crippen LogP contribution in [0.5, 0.6) is 5.75 Å². The van der Waals surface area contributed by atoms with Gasteiger partial charge >= 0.3 is 0 Å². The van der Waals surface area contributed by atoms with E-state index in [1.165, 1.54) is 0 Å². The van der Waals surface area contributed by atoms with Crippen LogP contribution in [0, 0.1) is 11.3 Å². The number of nitriles is 1. The van der Waals surface area contributed by atoms with E-state index in [4.69, 9.17) is 4.74 Å². The van der Waals surface area contributed by atoms with E-state index in [-0.39, 0.29) is 0 Å². The second-order valence-electron chi connectivity index (χ2n) is 5.23. The van der Waals surface area contributed by atoms with E-state index >= 15 is 0 Å². The van der Waals surface area contributed by atoms with Gasteiger partial charge in [0.15, 0.2) is 0 Å². The molecule has 118 valence electrons. The number of halogens is 1. The van der Waals surface area contributed by atoms with E-state index < -0.39 is 0 Å². The molecular formula is C20H15BrN2O. The molecule has 2 aromatic carbocycles. The topological polar surface area (TPSA) is 38.0 Å². The molecule has 0 N–H and O–H groups in total. The third-order valence-corrected chi connectivity index (χ3v) is 4.20. The van der Waals surface area contributed by atoms with Gasteiger partial charge in [0.2, 0.25) is 0 Å². The van der Waals surface area contributed by atoms with Crippen molar-refractivity contribution in [3.05, 3.63) is 82.6 Å². The zero-order chi connectivity index (χ0) is 16.9. The minimum atomic E-state index is 0.634. The molecule has 0 saturated carbocycles. The van der Waals surface area contributed by atoms with Crippen LogP contribution in [0.3, 0.4) is 0 Å². The molecule has 0 unspecified atom stereocenters. The maximum atomic E-state index is 9.44. The summed E-state index contributed by atoms with van der Waals surface area (Å²) >= 11 is 3.41. The maximum absolute atomic E-state index is 9.44. The molecule has 3 aromatic rings. The highest BCUT2D eigenvalue weighted by Gasteiger charge is 2.03. The molecule has 0 aliphatic carbocycles. The van der Waals surface area contributed by atoms with Crippen LogP contribution in [0.4, 0.5) is 0 Å². The van der Waals surface area contributed by atoms with Crippen molar-refractivity contribution >= 4 is 27.6 Å². The first-order valence-electron chi connectivity index (χ1n) is 7.40. The molecule has 0 radical (unpaired) electrons. The van der Waals surface area contributed by atoms with Crippen molar-refractivity contribution in [2.75, 3.05) is 7.11 Å². The molecule has 0 atom stereocenters. The molecule has 1 heterocycles. The molecule has 24 heavy (non-hydrogen) atoms. The fourth-order valence-electron chi connectivity index (χ4n) is 2.39. The van der Waals surface area contributed by atoms with Crippen LogP contribution in [0.15, 0.2) is 71.5 Å². The Morgan fingerprint density at radius 2 is 1.79 bits per heavy atom. The molecular weight excluding hydrogens is 364 g/mol. The summed E-state index contributed by atoms with van der Waals surface area (Å²) in [6.07, 6.45) is 5.87. The zero-order valence-corrected chi connectivity index (χ0v) is 14.7. The lowest BCUT2D eigenvalue weighted by Crippen LogP contribution is -1.90. The van der Waals surface area contributed by atoms with Crippen molar-refractivity contribution in [1.29, 1.82) is 5.26 Å². The first-order chi connectivity index (χ1) is 11.7. The number of benzene rings is 2. The number of hydrogen-bond donors (Lipinski definition) is 0. The van der Waals surface area contributed by atoms with Gasteiger partial charge < -0.3 is 9.30 Å². The Bertz CT molecular complexity index is 900. The zero-order valence-electron chi connectivity index (χ0n) is 13.1. The average Bonchev–Trinajstić information content (AvgIpc) is 3.09. The third-order valence-electron chi connectivity index (χ3n) is 3.67. The monoisotopic (exact) mass is 378 g/mol. The van der Waals surface area contributed by atoms with Gasteiger partial charge in [0, 0.05) is 22.6 Å². The number of ether oxygens (including phenoxy) is 1. The summed E-state index contributed by atoms with van der Waals surface area (Å²) in [6, 6.07) is 19.8. The van der Waals surface area contributed by atoms with Crippen molar-refractivity contribution in [1.82, 2.24) is 4.57 Å². The van der Waals surface area contributed by atoms with Crippen LogP contribution in [0.1, 0.15) is 11.1 Å². The summed E-state index contributed by atoms with van der Waals surface area (Å²) in [6.45, 7) is 0. The van der Waals surface area contributed by atoms with Gasteiger partial charge in [-0.15, -0.1) is 0 Å². The van der Waals surface area contributed by atoms with E-state index in [1.54, 1.807) is 7.11 Å². The summed E-state index contributed by atoms with van der Waals surface area (Å²) in [5, 5.41) is 9.44. The predicted octanol–water partition coefficient (Wildman–Crippen LogP) is 5.31. The highest BCUT2D eigenvalue weighted by molar-refractivity contribution is 9.10. The third kappa shape index (κ3) is 3.58. The standard InChI is InChI=1S/C20H15BrN2O/c1-24-20-8-6-19(7-9-20)23-11-10-15(14-23)12-17(13-22)16-2-4-18(21)5-3-16/h2-12,14H,1H3/b17-12+. The number of nitrogens with zero attached hydrogens (tertiary/aromatic N) is 2. The largest absolute Gasteiger partial charge is 0.497 e. The summed E-state index contributed by atoms with van der Waals surface area (Å²) < 4.78 is 8.19. The molecule has 0 aliphatic rings. The normalized spacial score (nSPS) is 11.1. The van der Waals surface area contributed by atoms with E-state index in [9.17, 15) is 5.26 Å². The molecule has 0 spiro atoms. The highest BCUT2D eigenvalue weighted by atomic mass is 79.9. The van der Waals surface area contributed by atoms with Crippen LogP contribution in [-0.4, -0.2) is 11.7 Å². The second-order valence-corrected chi connectivity index (χ2v) is 6.14. The van der Waals surface area contributed by atoms with Crippen molar-refractivity contribution in [2.24, 2.45) is 0 Å². The van der Waals surface area contributed by atoms with Crippen molar-refractivity contribution in [3.8, 4) is 17.5 Å². The minimum Gasteiger partial charge on any atom is -0.497 e. The quantitative estimate of drug-likeness (QED) is 0.576. The lowest BCUT2D eigenvalue weighted by atomic mass is 10.1. The van der Waals surface area contributed by atoms with E-state index in [0.29, 0.717) is 5.57 Å². The maximum Gasteiger partial charge on any atom is 0.119 e. The molecule has 0 fully saturated rings. The first kappa shape index (κ1) is 16.1. The number of aromatic nitrogens is 1. The van der Waals surface area contributed by atoms with Crippen LogP contribution in [-0.2, 0) is 0 Å². The second kappa shape index (κ2) is 7.20. The van der Waals surface area contributed by atoms with Crippen LogP contribution < -0.4 is 4.74 Å². The Morgan fingerprint density at radius 3 is 2.42 bits per heavy atom. The van der Waals surface area contributed by atoms with E-state index in [0.717, 1.165) is 27.0 Å².